The number of nitrogens with zero attached hydrogens (tertiary/aromatic N) is 1. The zero-order valence-corrected chi connectivity index (χ0v) is 19.9. The minimum atomic E-state index is -1.26. The number of hydrogen-bond acceptors (Lipinski definition) is 6. The molecule has 3 N–H and O–H groups in total. The summed E-state index contributed by atoms with van der Waals surface area (Å²) in [5.74, 6) is -2.79. The Hall–Kier alpha value is -3.91. The van der Waals surface area contributed by atoms with E-state index in [0.717, 1.165) is 32.4 Å². The molecule has 0 bridgehead atoms. The number of para-hydroxylation sites is 2. The maximum absolute atomic E-state index is 11.3. The van der Waals surface area contributed by atoms with Crippen LogP contribution in [0.3, 0.4) is 0 Å². The van der Waals surface area contributed by atoms with E-state index in [0.29, 0.717) is 25.3 Å². The highest BCUT2D eigenvalue weighted by Crippen LogP contribution is 2.35. The second kappa shape index (κ2) is 15.1. The highest BCUT2D eigenvalue weighted by atomic mass is 16.5. The Morgan fingerprint density at radius 3 is 1.97 bits per heavy atom. The van der Waals surface area contributed by atoms with Crippen LogP contribution in [0.4, 0.5) is 11.4 Å². The predicted molar refractivity (Wildman–Crippen MR) is 135 cm³/mol. The first-order chi connectivity index (χ1) is 16.9. The van der Waals surface area contributed by atoms with E-state index in [2.05, 4.69) is 58.7 Å². The number of esters is 1. The van der Waals surface area contributed by atoms with Crippen LogP contribution in [-0.2, 0) is 32.0 Å². The predicted octanol–water partition coefficient (Wildman–Crippen LogP) is 3.73. The molecular weight excluding hydrogens is 448 g/mol. The summed E-state index contributed by atoms with van der Waals surface area (Å²) >= 11 is 0. The summed E-state index contributed by atoms with van der Waals surface area (Å²) in [7, 11) is 0. The lowest BCUT2D eigenvalue weighted by Crippen LogP contribution is -2.24. The molecule has 0 fully saturated rings. The zero-order valence-electron chi connectivity index (χ0n) is 19.9. The standard InChI is InChI=1S/C23H28N2O2.C4H4O4/c1-2-27-23(26)13-7-16-24-17-8-18-25-21-11-5-3-9-19(21)14-15-20-10-4-6-12-22(20)25;5-3(6)1-2-4(7)8/h3-7,9-13,24H,2,8,14-18H2,1H3;1-2H,(H,5,6)(H,7,8)/b13-7+;2-1+. The van der Waals surface area contributed by atoms with E-state index >= 15 is 0 Å². The number of hydrogen-bond donors (Lipinski definition) is 3. The molecule has 0 atom stereocenters. The lowest BCUT2D eigenvalue weighted by atomic mass is 10.0. The molecule has 1 heterocycles. The van der Waals surface area contributed by atoms with Crippen LogP contribution in [-0.4, -0.2) is 54.4 Å². The van der Waals surface area contributed by atoms with Crippen LogP contribution < -0.4 is 10.2 Å². The first-order valence-corrected chi connectivity index (χ1v) is 11.5. The number of ether oxygens (including phenoxy) is 1. The third-order valence-corrected chi connectivity index (χ3v) is 5.13. The SMILES string of the molecule is CCOC(=O)/C=C/CNCCCN1c2ccccc2CCc2ccccc21.O=C(O)/C=C/C(=O)O. The van der Waals surface area contributed by atoms with Gasteiger partial charge in [0.1, 0.15) is 0 Å². The first-order valence-electron chi connectivity index (χ1n) is 11.5. The van der Waals surface area contributed by atoms with Crippen LogP contribution in [0.25, 0.3) is 0 Å². The molecule has 8 heteroatoms. The van der Waals surface area contributed by atoms with Gasteiger partial charge in [-0.2, -0.15) is 0 Å². The van der Waals surface area contributed by atoms with Gasteiger partial charge < -0.3 is 25.2 Å². The summed E-state index contributed by atoms with van der Waals surface area (Å²) in [6.07, 6.45) is 7.61. The average molecular weight is 481 g/mol. The van der Waals surface area contributed by atoms with Gasteiger partial charge in [0.15, 0.2) is 0 Å². The number of carbonyl (C=O) groups excluding carboxylic acids is 1. The number of fused-ring (bicyclic) bond motifs is 2. The van der Waals surface area contributed by atoms with Gasteiger partial charge in [0.25, 0.3) is 0 Å². The van der Waals surface area contributed by atoms with E-state index in [9.17, 15) is 14.4 Å². The minimum absolute atomic E-state index is 0.280. The van der Waals surface area contributed by atoms with Gasteiger partial charge in [0.2, 0.25) is 0 Å². The van der Waals surface area contributed by atoms with Crippen molar-refractivity contribution >= 4 is 29.3 Å². The van der Waals surface area contributed by atoms with Crippen molar-refractivity contribution in [2.75, 3.05) is 31.1 Å². The number of benzene rings is 2. The maximum Gasteiger partial charge on any atom is 0.330 e. The van der Waals surface area contributed by atoms with E-state index in [1.165, 1.54) is 28.6 Å². The maximum atomic E-state index is 11.3. The monoisotopic (exact) mass is 480 g/mol. The highest BCUT2D eigenvalue weighted by molar-refractivity contribution is 5.89. The molecule has 0 radical (unpaired) electrons. The lowest BCUT2D eigenvalue weighted by molar-refractivity contribution is -0.137. The van der Waals surface area contributed by atoms with Crippen molar-refractivity contribution in [2.45, 2.75) is 26.2 Å². The van der Waals surface area contributed by atoms with Crippen LogP contribution in [0.5, 0.6) is 0 Å². The number of aryl methyl sites for hydroxylation is 2. The molecule has 0 spiro atoms. The molecule has 8 nitrogen and oxygen atoms in total. The molecule has 0 saturated carbocycles. The summed E-state index contributed by atoms with van der Waals surface area (Å²) in [6, 6.07) is 17.4. The van der Waals surface area contributed by atoms with Gasteiger partial charge in [-0.1, -0.05) is 42.5 Å². The second-order valence-corrected chi connectivity index (χ2v) is 7.63. The quantitative estimate of drug-likeness (QED) is 0.268. The molecule has 2 aromatic rings. The molecule has 2 aromatic carbocycles. The molecule has 0 amide bonds. The Labute approximate surface area is 205 Å². The highest BCUT2D eigenvalue weighted by Gasteiger charge is 2.19. The van der Waals surface area contributed by atoms with Crippen LogP contribution in [0.15, 0.2) is 72.8 Å². The van der Waals surface area contributed by atoms with Crippen molar-refractivity contribution < 1.29 is 29.3 Å². The second-order valence-electron chi connectivity index (χ2n) is 7.63. The minimum Gasteiger partial charge on any atom is -0.478 e. The Morgan fingerprint density at radius 1 is 0.914 bits per heavy atom. The molecule has 1 aliphatic heterocycles. The van der Waals surface area contributed by atoms with E-state index in [1.54, 1.807) is 0 Å². The summed E-state index contributed by atoms with van der Waals surface area (Å²) in [4.78, 5) is 32.8. The Bertz CT molecular complexity index is 984. The third kappa shape index (κ3) is 9.85. The van der Waals surface area contributed by atoms with E-state index < -0.39 is 11.9 Å². The average Bonchev–Trinajstić information content (AvgIpc) is 3.00. The molecular formula is C27H32N2O6. The van der Waals surface area contributed by atoms with Crippen molar-refractivity contribution in [1.82, 2.24) is 5.32 Å². The normalized spacial score (nSPS) is 12.3. The topological polar surface area (TPSA) is 116 Å². The summed E-state index contributed by atoms with van der Waals surface area (Å²) in [5.41, 5.74) is 5.48. The third-order valence-electron chi connectivity index (χ3n) is 5.13. The number of carbonyl (C=O) groups is 3. The molecule has 186 valence electrons. The van der Waals surface area contributed by atoms with Crippen molar-refractivity contribution in [3.8, 4) is 0 Å². The number of rotatable bonds is 10. The first kappa shape index (κ1) is 27.3. The Kier molecular flexibility index (Phi) is 11.8. The van der Waals surface area contributed by atoms with Crippen molar-refractivity contribution in [3.05, 3.63) is 84.0 Å². The molecule has 3 rings (SSSR count). The van der Waals surface area contributed by atoms with E-state index in [4.69, 9.17) is 14.9 Å². The van der Waals surface area contributed by atoms with Gasteiger partial charge >= 0.3 is 17.9 Å². The Morgan fingerprint density at radius 2 is 1.46 bits per heavy atom. The van der Waals surface area contributed by atoms with Crippen LogP contribution in [0.1, 0.15) is 24.5 Å². The number of aliphatic carboxylic acids is 2. The van der Waals surface area contributed by atoms with Crippen LogP contribution in [0, 0.1) is 0 Å². The van der Waals surface area contributed by atoms with Gasteiger partial charge in [-0.05, 0) is 56.0 Å². The molecule has 0 saturated heterocycles. The fourth-order valence-corrected chi connectivity index (χ4v) is 3.65. The summed E-state index contributed by atoms with van der Waals surface area (Å²) in [6.45, 7) is 4.75. The van der Waals surface area contributed by atoms with E-state index in [-0.39, 0.29) is 5.97 Å². The number of carboxylic acids is 2. The molecule has 1 aliphatic rings. The van der Waals surface area contributed by atoms with Crippen LogP contribution in [0.2, 0.25) is 0 Å². The smallest absolute Gasteiger partial charge is 0.330 e. The molecule has 35 heavy (non-hydrogen) atoms. The van der Waals surface area contributed by atoms with Crippen molar-refractivity contribution in [1.29, 1.82) is 0 Å². The van der Waals surface area contributed by atoms with Gasteiger partial charge in [0, 0.05) is 42.7 Å². The van der Waals surface area contributed by atoms with Crippen molar-refractivity contribution in [2.24, 2.45) is 0 Å². The largest absolute Gasteiger partial charge is 0.478 e. The summed E-state index contributed by atoms with van der Waals surface area (Å²) in [5, 5.41) is 19.0. The van der Waals surface area contributed by atoms with E-state index in [1.807, 2.05) is 13.0 Å². The van der Waals surface area contributed by atoms with Gasteiger partial charge in [-0.3, -0.25) is 0 Å². The molecule has 0 unspecified atom stereocenters. The lowest BCUT2D eigenvalue weighted by Gasteiger charge is -2.27. The molecule has 0 aromatic heterocycles. The summed E-state index contributed by atoms with van der Waals surface area (Å²) < 4.78 is 4.87. The number of carboxylic acid groups (broad SMARTS) is 2. The fourth-order valence-electron chi connectivity index (χ4n) is 3.65. The molecule has 0 aliphatic carbocycles. The van der Waals surface area contributed by atoms with Crippen molar-refractivity contribution in [3.63, 3.8) is 0 Å². The van der Waals surface area contributed by atoms with Gasteiger partial charge in [-0.25, -0.2) is 14.4 Å². The van der Waals surface area contributed by atoms with Gasteiger partial charge in [0.05, 0.1) is 6.61 Å². The number of anilines is 2. The Balaban J connectivity index is 0.000000466. The van der Waals surface area contributed by atoms with Gasteiger partial charge in [-0.15, -0.1) is 0 Å². The zero-order chi connectivity index (χ0) is 25.5. The number of nitrogens with one attached hydrogen (secondary N) is 1. The van der Waals surface area contributed by atoms with Crippen LogP contribution >= 0.6 is 0 Å². The fraction of sp³-hybridized carbons (Fsp3) is 0.296.